The van der Waals surface area contributed by atoms with Gasteiger partial charge in [0.1, 0.15) is 11.6 Å². The van der Waals surface area contributed by atoms with E-state index in [2.05, 4.69) is 10.3 Å². The van der Waals surface area contributed by atoms with Crippen LogP contribution in [0.4, 0.5) is 5.82 Å². The van der Waals surface area contributed by atoms with Crippen LogP contribution in [0.2, 0.25) is 5.02 Å². The molecule has 0 saturated carbocycles. The number of nitrogens with one attached hydrogen (secondary N) is 1. The number of anilines is 1. The molecule has 1 N–H and O–H groups in total. The van der Waals surface area contributed by atoms with Crippen LogP contribution < -0.4 is 5.32 Å². The van der Waals surface area contributed by atoms with Gasteiger partial charge in [0.25, 0.3) is 0 Å². The Kier molecular flexibility index (Phi) is 4.76. The monoisotopic (exact) mass is 293 g/mol. The number of carbonyl (C=O) groups excluding carboxylic acids is 1. The van der Waals surface area contributed by atoms with Crippen LogP contribution in [0.5, 0.6) is 0 Å². The largest absolute Gasteiger partial charge is 0.468 e. The number of amides is 1. The number of furan rings is 1. The number of aromatic nitrogens is 1. The van der Waals surface area contributed by atoms with Crippen molar-refractivity contribution in [3.05, 3.63) is 47.5 Å². The topological polar surface area (TPSA) is 58.4 Å². The molecule has 0 fully saturated rings. The summed E-state index contributed by atoms with van der Waals surface area (Å²) in [5.74, 6) is 1.17. The second-order valence-electron chi connectivity index (χ2n) is 4.52. The van der Waals surface area contributed by atoms with Crippen molar-refractivity contribution in [2.75, 3.05) is 12.4 Å². The van der Waals surface area contributed by atoms with Crippen molar-refractivity contribution in [1.82, 2.24) is 9.88 Å². The second kappa shape index (κ2) is 6.54. The fourth-order valence-electron chi connectivity index (χ4n) is 1.67. The first-order valence-electron chi connectivity index (χ1n) is 6.21. The first-order valence-corrected chi connectivity index (χ1v) is 6.59. The number of pyridine rings is 1. The Morgan fingerprint density at radius 2 is 2.30 bits per heavy atom. The van der Waals surface area contributed by atoms with Gasteiger partial charge in [-0.3, -0.25) is 9.69 Å². The van der Waals surface area contributed by atoms with Gasteiger partial charge in [0.15, 0.2) is 0 Å². The Bertz CT molecular complexity index is 554. The van der Waals surface area contributed by atoms with E-state index in [0.29, 0.717) is 17.4 Å². The highest BCUT2D eigenvalue weighted by atomic mass is 35.5. The van der Waals surface area contributed by atoms with E-state index < -0.39 is 0 Å². The Hall–Kier alpha value is -1.85. The highest BCUT2D eigenvalue weighted by Crippen LogP contribution is 2.11. The van der Waals surface area contributed by atoms with Crippen LogP contribution in [0, 0.1) is 0 Å². The van der Waals surface area contributed by atoms with E-state index in [9.17, 15) is 4.79 Å². The molecule has 1 amide bonds. The van der Waals surface area contributed by atoms with Crippen molar-refractivity contribution in [3.63, 3.8) is 0 Å². The third kappa shape index (κ3) is 3.82. The summed E-state index contributed by atoms with van der Waals surface area (Å²) in [5.41, 5.74) is 0. The molecule has 5 nitrogen and oxygen atoms in total. The molecule has 2 rings (SSSR count). The van der Waals surface area contributed by atoms with E-state index in [1.165, 1.54) is 6.20 Å². The molecule has 0 unspecified atom stereocenters. The molecular formula is C14H16ClN3O2. The standard InChI is InChI=1S/C14H16ClN3O2/c1-10(18(2)9-12-4-3-7-20-12)14(19)17-13-6-5-11(15)8-16-13/h3-8,10H,9H2,1-2H3,(H,16,17,19)/t10-/m0/s1. The zero-order valence-electron chi connectivity index (χ0n) is 11.3. The van der Waals surface area contributed by atoms with Gasteiger partial charge in [0, 0.05) is 6.20 Å². The lowest BCUT2D eigenvalue weighted by Crippen LogP contribution is -2.39. The van der Waals surface area contributed by atoms with Gasteiger partial charge in [0.2, 0.25) is 5.91 Å². The molecule has 0 spiro atoms. The number of hydrogen-bond acceptors (Lipinski definition) is 4. The zero-order chi connectivity index (χ0) is 14.5. The first kappa shape index (κ1) is 14.6. The predicted molar refractivity (Wildman–Crippen MR) is 77.5 cm³/mol. The molecule has 0 bridgehead atoms. The molecule has 2 aromatic heterocycles. The summed E-state index contributed by atoms with van der Waals surface area (Å²) in [7, 11) is 1.86. The molecule has 1 atom stereocenters. The Morgan fingerprint density at radius 1 is 1.50 bits per heavy atom. The van der Waals surface area contributed by atoms with Gasteiger partial charge in [0.05, 0.1) is 23.9 Å². The van der Waals surface area contributed by atoms with Gasteiger partial charge in [-0.05, 0) is 38.2 Å². The molecule has 0 aliphatic heterocycles. The lowest BCUT2D eigenvalue weighted by molar-refractivity contribution is -0.120. The molecular weight excluding hydrogens is 278 g/mol. The van der Waals surface area contributed by atoms with Gasteiger partial charge in [-0.1, -0.05) is 11.6 Å². The fraction of sp³-hybridized carbons (Fsp3) is 0.286. The van der Waals surface area contributed by atoms with Crippen LogP contribution in [0.15, 0.2) is 41.1 Å². The third-order valence-corrected chi connectivity index (χ3v) is 3.23. The smallest absolute Gasteiger partial charge is 0.242 e. The van der Waals surface area contributed by atoms with Gasteiger partial charge in [-0.25, -0.2) is 4.98 Å². The third-order valence-electron chi connectivity index (χ3n) is 3.00. The summed E-state index contributed by atoms with van der Waals surface area (Å²) in [6.07, 6.45) is 3.11. The van der Waals surface area contributed by atoms with E-state index in [0.717, 1.165) is 5.76 Å². The van der Waals surface area contributed by atoms with Gasteiger partial charge >= 0.3 is 0 Å². The summed E-state index contributed by atoms with van der Waals surface area (Å²) in [4.78, 5) is 18.0. The van der Waals surface area contributed by atoms with Gasteiger partial charge < -0.3 is 9.73 Å². The molecule has 106 valence electrons. The van der Waals surface area contributed by atoms with Crippen molar-refractivity contribution in [2.45, 2.75) is 19.5 Å². The average Bonchev–Trinajstić information content (AvgIpc) is 2.93. The van der Waals surface area contributed by atoms with Crippen LogP contribution in [0.1, 0.15) is 12.7 Å². The molecule has 0 aliphatic carbocycles. The van der Waals surface area contributed by atoms with Crippen LogP contribution in [0.3, 0.4) is 0 Å². The van der Waals surface area contributed by atoms with E-state index in [1.807, 2.05) is 31.0 Å². The second-order valence-corrected chi connectivity index (χ2v) is 4.96. The molecule has 0 radical (unpaired) electrons. The van der Waals surface area contributed by atoms with Gasteiger partial charge in [-0.15, -0.1) is 0 Å². The van der Waals surface area contributed by atoms with Crippen molar-refractivity contribution in [2.24, 2.45) is 0 Å². The van der Waals surface area contributed by atoms with Crippen molar-refractivity contribution in [3.8, 4) is 0 Å². The minimum Gasteiger partial charge on any atom is -0.468 e. The van der Waals surface area contributed by atoms with E-state index >= 15 is 0 Å². The lowest BCUT2D eigenvalue weighted by Gasteiger charge is -2.22. The molecule has 0 aliphatic rings. The highest BCUT2D eigenvalue weighted by Gasteiger charge is 2.19. The highest BCUT2D eigenvalue weighted by molar-refractivity contribution is 6.30. The van der Waals surface area contributed by atoms with Gasteiger partial charge in [-0.2, -0.15) is 0 Å². The quantitative estimate of drug-likeness (QED) is 0.921. The van der Waals surface area contributed by atoms with Crippen LogP contribution in [-0.2, 0) is 11.3 Å². The molecule has 2 aromatic rings. The number of carbonyl (C=O) groups is 1. The van der Waals surface area contributed by atoms with Crippen LogP contribution in [-0.4, -0.2) is 28.9 Å². The maximum atomic E-state index is 12.1. The Labute approximate surface area is 122 Å². The van der Waals surface area contributed by atoms with E-state index in [1.54, 1.807) is 18.4 Å². The van der Waals surface area contributed by atoms with Crippen LogP contribution in [0.25, 0.3) is 0 Å². The minimum atomic E-state index is -0.308. The maximum absolute atomic E-state index is 12.1. The lowest BCUT2D eigenvalue weighted by atomic mass is 10.2. The fourth-order valence-corrected chi connectivity index (χ4v) is 1.78. The molecule has 0 aromatic carbocycles. The summed E-state index contributed by atoms with van der Waals surface area (Å²) >= 11 is 5.75. The van der Waals surface area contributed by atoms with Crippen LogP contribution >= 0.6 is 11.6 Å². The molecule has 6 heteroatoms. The number of nitrogens with zero attached hydrogens (tertiary/aromatic N) is 2. The number of likely N-dealkylation sites (N-methyl/N-ethyl adjacent to an activating group) is 1. The minimum absolute atomic E-state index is 0.131. The normalized spacial score (nSPS) is 12.4. The Balaban J connectivity index is 1.92. The SMILES string of the molecule is C[C@@H](C(=O)Nc1ccc(Cl)cn1)N(C)Cc1ccco1. The number of rotatable bonds is 5. The first-order chi connectivity index (χ1) is 9.56. The van der Waals surface area contributed by atoms with Crippen molar-refractivity contribution < 1.29 is 9.21 Å². The average molecular weight is 294 g/mol. The predicted octanol–water partition coefficient (Wildman–Crippen LogP) is 2.79. The number of halogens is 1. The summed E-state index contributed by atoms with van der Waals surface area (Å²) in [6.45, 7) is 2.39. The van der Waals surface area contributed by atoms with Crippen molar-refractivity contribution >= 4 is 23.3 Å². The molecule has 0 saturated heterocycles. The van der Waals surface area contributed by atoms with E-state index in [4.69, 9.17) is 16.0 Å². The molecule has 2 heterocycles. The van der Waals surface area contributed by atoms with E-state index in [-0.39, 0.29) is 11.9 Å². The zero-order valence-corrected chi connectivity index (χ0v) is 12.1. The summed E-state index contributed by atoms with van der Waals surface area (Å²) < 4.78 is 5.27. The number of hydrogen-bond donors (Lipinski definition) is 1. The summed E-state index contributed by atoms with van der Waals surface area (Å²) in [5, 5.41) is 3.28. The summed E-state index contributed by atoms with van der Waals surface area (Å²) in [6, 6.07) is 6.74. The Morgan fingerprint density at radius 3 is 2.90 bits per heavy atom. The van der Waals surface area contributed by atoms with Crippen molar-refractivity contribution in [1.29, 1.82) is 0 Å². The maximum Gasteiger partial charge on any atom is 0.242 e. The molecule has 20 heavy (non-hydrogen) atoms.